The fourth-order valence-electron chi connectivity index (χ4n) is 1.84. The van der Waals surface area contributed by atoms with E-state index in [1.54, 1.807) is 30.0 Å². The van der Waals surface area contributed by atoms with Crippen LogP contribution in [0.15, 0.2) is 59.5 Å². The molecule has 0 saturated heterocycles. The van der Waals surface area contributed by atoms with Crippen LogP contribution >= 0.6 is 24.0 Å². The topological polar surface area (TPSA) is 53.2 Å². The molecule has 0 aromatic heterocycles. The number of thioether (sulfide) groups is 1. The number of amides is 1. The number of hydrogen-bond donors (Lipinski definition) is 3. The van der Waals surface area contributed by atoms with Gasteiger partial charge in [-0.25, -0.2) is 4.39 Å². The number of thiocarbonyl (C=S) groups is 1. The minimum atomic E-state index is -0.411. The molecule has 0 spiro atoms. The van der Waals surface area contributed by atoms with Crippen LogP contribution in [0.2, 0.25) is 0 Å². The largest absolute Gasteiger partial charge is 0.329 e. The van der Waals surface area contributed by atoms with Crippen LogP contribution in [-0.2, 0) is 4.79 Å². The van der Waals surface area contributed by atoms with Crippen molar-refractivity contribution in [2.24, 2.45) is 0 Å². The Morgan fingerprint density at radius 1 is 1.04 bits per heavy atom. The summed E-state index contributed by atoms with van der Waals surface area (Å²) >= 11 is 6.72. The number of benzene rings is 2. The summed E-state index contributed by atoms with van der Waals surface area (Å²) in [6.45, 7) is 0. The first-order valence-electron chi connectivity index (χ1n) is 7.43. The molecule has 0 aliphatic carbocycles. The number of nitrogens with one attached hydrogen (secondary N) is 3. The number of carbonyl (C=O) groups is 1. The molecule has 0 atom stereocenters. The van der Waals surface area contributed by atoms with E-state index < -0.39 is 5.82 Å². The van der Waals surface area contributed by atoms with Crippen LogP contribution in [0.5, 0.6) is 0 Å². The second-order valence-corrected chi connectivity index (χ2v) is 6.45. The number of rotatable bonds is 6. The summed E-state index contributed by atoms with van der Waals surface area (Å²) in [5.41, 5.74) is 5.31. The van der Waals surface area contributed by atoms with E-state index in [4.69, 9.17) is 12.2 Å². The summed E-state index contributed by atoms with van der Waals surface area (Å²) in [6, 6.07) is 16.2. The Bertz CT molecular complexity index is 683. The van der Waals surface area contributed by atoms with Gasteiger partial charge in [0.2, 0.25) is 5.91 Å². The fraction of sp³-hybridized carbons (Fsp3) is 0.176. The molecule has 126 valence electrons. The van der Waals surface area contributed by atoms with Crippen molar-refractivity contribution in [1.82, 2.24) is 10.9 Å². The maximum atomic E-state index is 13.5. The number of hydrogen-bond acceptors (Lipinski definition) is 3. The fourth-order valence-corrected chi connectivity index (χ4v) is 2.88. The van der Waals surface area contributed by atoms with Crippen molar-refractivity contribution in [2.75, 3.05) is 11.1 Å². The Balaban J connectivity index is 1.60. The number of carbonyl (C=O) groups excluding carboxylic acids is 1. The smallest absolute Gasteiger partial charge is 0.238 e. The number of anilines is 1. The molecular weight excluding hydrogens is 345 g/mol. The highest BCUT2D eigenvalue weighted by Gasteiger charge is 2.05. The predicted molar refractivity (Wildman–Crippen MR) is 100 cm³/mol. The predicted octanol–water partition coefficient (Wildman–Crippen LogP) is 3.72. The van der Waals surface area contributed by atoms with Gasteiger partial charge in [-0.1, -0.05) is 30.3 Å². The molecule has 4 nitrogen and oxygen atoms in total. The second-order valence-electron chi connectivity index (χ2n) is 4.87. The lowest BCUT2D eigenvalue weighted by Crippen LogP contribution is -2.43. The maximum Gasteiger partial charge on any atom is 0.238 e. The van der Waals surface area contributed by atoms with Crippen molar-refractivity contribution in [1.29, 1.82) is 0 Å². The second kappa shape index (κ2) is 9.89. The van der Waals surface area contributed by atoms with Gasteiger partial charge in [-0.2, -0.15) is 0 Å². The molecule has 1 amide bonds. The van der Waals surface area contributed by atoms with Crippen molar-refractivity contribution in [3.05, 3.63) is 60.4 Å². The Morgan fingerprint density at radius 2 is 1.75 bits per heavy atom. The molecule has 0 unspecified atom stereocenters. The third-order valence-corrected chi connectivity index (χ3v) is 4.30. The van der Waals surface area contributed by atoms with Gasteiger partial charge in [-0.15, -0.1) is 11.8 Å². The van der Waals surface area contributed by atoms with E-state index in [1.807, 2.05) is 30.3 Å². The average Bonchev–Trinajstić information content (AvgIpc) is 2.60. The molecular formula is C17H18FN3OS2. The molecule has 0 aliphatic rings. The van der Waals surface area contributed by atoms with Crippen molar-refractivity contribution < 1.29 is 9.18 Å². The van der Waals surface area contributed by atoms with Crippen molar-refractivity contribution >= 4 is 40.7 Å². The minimum absolute atomic E-state index is 0.132. The van der Waals surface area contributed by atoms with Gasteiger partial charge >= 0.3 is 0 Å². The van der Waals surface area contributed by atoms with Gasteiger partial charge < -0.3 is 5.32 Å². The van der Waals surface area contributed by atoms with E-state index in [9.17, 15) is 9.18 Å². The van der Waals surface area contributed by atoms with Crippen LogP contribution < -0.4 is 16.2 Å². The summed E-state index contributed by atoms with van der Waals surface area (Å²) in [4.78, 5) is 12.9. The minimum Gasteiger partial charge on any atom is -0.329 e. The van der Waals surface area contributed by atoms with E-state index >= 15 is 0 Å². The van der Waals surface area contributed by atoms with Gasteiger partial charge in [-0.3, -0.25) is 15.6 Å². The summed E-state index contributed by atoms with van der Waals surface area (Å²) in [5, 5.41) is 2.81. The molecule has 0 radical (unpaired) electrons. The highest BCUT2D eigenvalue weighted by molar-refractivity contribution is 7.99. The van der Waals surface area contributed by atoms with E-state index in [0.29, 0.717) is 6.42 Å². The molecule has 2 aromatic carbocycles. The van der Waals surface area contributed by atoms with Crippen molar-refractivity contribution in [3.8, 4) is 0 Å². The van der Waals surface area contributed by atoms with E-state index in [0.717, 1.165) is 12.2 Å². The van der Waals surface area contributed by atoms with Crippen molar-refractivity contribution in [2.45, 2.75) is 17.7 Å². The molecule has 7 heteroatoms. The van der Waals surface area contributed by atoms with Gasteiger partial charge in [0, 0.05) is 11.3 Å². The Labute approximate surface area is 150 Å². The summed E-state index contributed by atoms with van der Waals surface area (Å²) in [5.74, 6) is 0.280. The molecule has 0 saturated carbocycles. The van der Waals surface area contributed by atoms with Gasteiger partial charge in [0.25, 0.3) is 0 Å². The third-order valence-electron chi connectivity index (χ3n) is 3.00. The molecule has 0 aliphatic heterocycles. The molecule has 0 bridgehead atoms. The van der Waals surface area contributed by atoms with Crippen LogP contribution in [0, 0.1) is 5.82 Å². The standard InChI is InChI=1S/C17H18FN3OS2/c18-14-9-4-5-10-15(14)19-17(23)21-20-16(22)11-6-12-24-13-7-2-1-3-8-13/h1-5,7-10H,6,11-12H2,(H,20,22)(H2,19,21,23). The zero-order valence-corrected chi connectivity index (χ0v) is 14.6. The molecule has 0 fully saturated rings. The molecule has 2 aromatic rings. The van der Waals surface area contributed by atoms with Crippen LogP contribution in [-0.4, -0.2) is 16.8 Å². The van der Waals surface area contributed by atoms with Gasteiger partial charge in [0.1, 0.15) is 5.82 Å². The molecule has 0 heterocycles. The van der Waals surface area contributed by atoms with E-state index in [1.165, 1.54) is 11.0 Å². The SMILES string of the molecule is O=C(CCCSc1ccccc1)NNC(=S)Nc1ccccc1F. The molecule has 3 N–H and O–H groups in total. The lowest BCUT2D eigenvalue weighted by molar-refractivity contribution is -0.121. The van der Waals surface area contributed by atoms with Gasteiger partial charge in [0.05, 0.1) is 5.69 Å². The summed E-state index contributed by atoms with van der Waals surface area (Å²) in [7, 11) is 0. The number of hydrazine groups is 1. The average molecular weight is 363 g/mol. The summed E-state index contributed by atoms with van der Waals surface area (Å²) < 4.78 is 13.5. The lowest BCUT2D eigenvalue weighted by Gasteiger charge is -2.12. The Kier molecular flexibility index (Phi) is 7.51. The Morgan fingerprint density at radius 3 is 2.50 bits per heavy atom. The zero-order chi connectivity index (χ0) is 17.2. The highest BCUT2D eigenvalue weighted by atomic mass is 32.2. The van der Waals surface area contributed by atoms with E-state index in [2.05, 4.69) is 16.2 Å². The van der Waals surface area contributed by atoms with Crippen LogP contribution in [0.4, 0.5) is 10.1 Å². The number of para-hydroxylation sites is 1. The Hall–Kier alpha value is -2.12. The van der Waals surface area contributed by atoms with E-state index in [-0.39, 0.29) is 16.7 Å². The third kappa shape index (κ3) is 6.55. The monoisotopic (exact) mass is 363 g/mol. The normalized spacial score (nSPS) is 10.0. The van der Waals surface area contributed by atoms with Crippen molar-refractivity contribution in [3.63, 3.8) is 0 Å². The molecule has 2 rings (SSSR count). The number of halogens is 1. The van der Waals surface area contributed by atoms with Gasteiger partial charge in [-0.05, 0) is 48.7 Å². The highest BCUT2D eigenvalue weighted by Crippen LogP contribution is 2.18. The van der Waals surface area contributed by atoms with Crippen LogP contribution in [0.25, 0.3) is 0 Å². The first-order valence-corrected chi connectivity index (χ1v) is 8.83. The van der Waals surface area contributed by atoms with Gasteiger partial charge in [0.15, 0.2) is 5.11 Å². The molecule has 24 heavy (non-hydrogen) atoms. The van der Waals surface area contributed by atoms with Crippen LogP contribution in [0.3, 0.4) is 0 Å². The maximum absolute atomic E-state index is 13.5. The lowest BCUT2D eigenvalue weighted by atomic mass is 10.3. The summed E-state index contributed by atoms with van der Waals surface area (Å²) in [6.07, 6.45) is 1.13. The first kappa shape index (κ1) is 18.2. The van der Waals surface area contributed by atoms with Crippen LogP contribution in [0.1, 0.15) is 12.8 Å². The zero-order valence-electron chi connectivity index (χ0n) is 12.9. The first-order chi connectivity index (χ1) is 11.6. The quantitative estimate of drug-likeness (QED) is 0.316.